The summed E-state index contributed by atoms with van der Waals surface area (Å²) < 4.78 is 84.6. The molecular formula is C16H11ClF6N2O2. The summed E-state index contributed by atoms with van der Waals surface area (Å²) in [6.07, 6.45) is -12.0. The molecule has 0 aliphatic heterocycles. The SMILES string of the molecule is O=C(Nc1ccc(Cl)cc1)NC(Oc1ccccc1)(C(F)(F)F)C(F)(F)F. The molecule has 2 N–H and O–H groups in total. The first kappa shape index (κ1) is 20.7. The molecule has 2 amide bonds. The number of hydrogen-bond donors (Lipinski definition) is 2. The summed E-state index contributed by atoms with van der Waals surface area (Å²) in [5.74, 6) is -0.737. The number of nitrogens with one attached hydrogen (secondary N) is 2. The summed E-state index contributed by atoms with van der Waals surface area (Å²) in [7, 11) is 0. The van der Waals surface area contributed by atoms with Crippen molar-refractivity contribution in [3.05, 3.63) is 59.6 Å². The molecule has 2 aromatic rings. The summed E-state index contributed by atoms with van der Waals surface area (Å²) in [4.78, 5) is 11.9. The number of ether oxygens (including phenoxy) is 1. The second-order valence-corrected chi connectivity index (χ2v) is 5.61. The van der Waals surface area contributed by atoms with Crippen LogP contribution < -0.4 is 15.4 Å². The molecule has 146 valence electrons. The van der Waals surface area contributed by atoms with Crippen molar-refractivity contribution in [1.29, 1.82) is 0 Å². The minimum Gasteiger partial charge on any atom is -0.451 e. The molecule has 27 heavy (non-hydrogen) atoms. The third-order valence-corrected chi connectivity index (χ3v) is 3.46. The van der Waals surface area contributed by atoms with Crippen molar-refractivity contribution < 1.29 is 35.9 Å². The van der Waals surface area contributed by atoms with E-state index in [0.29, 0.717) is 0 Å². The van der Waals surface area contributed by atoms with Gasteiger partial charge in [0, 0.05) is 10.7 Å². The zero-order valence-corrected chi connectivity index (χ0v) is 13.9. The van der Waals surface area contributed by atoms with Gasteiger partial charge in [0.15, 0.2) is 0 Å². The first-order valence-electron chi connectivity index (χ1n) is 7.17. The number of hydrogen-bond acceptors (Lipinski definition) is 2. The van der Waals surface area contributed by atoms with E-state index in [-0.39, 0.29) is 10.7 Å². The van der Waals surface area contributed by atoms with Gasteiger partial charge in [-0.2, -0.15) is 26.3 Å². The number of carbonyl (C=O) groups excluding carboxylic acids is 1. The molecule has 0 spiro atoms. The highest BCUT2D eigenvalue weighted by atomic mass is 35.5. The van der Waals surface area contributed by atoms with Crippen molar-refractivity contribution in [2.75, 3.05) is 5.32 Å². The number of anilines is 1. The van der Waals surface area contributed by atoms with Crippen LogP contribution in [0.2, 0.25) is 5.02 Å². The summed E-state index contributed by atoms with van der Waals surface area (Å²) >= 11 is 5.62. The van der Waals surface area contributed by atoms with Crippen molar-refractivity contribution in [3.8, 4) is 5.75 Å². The van der Waals surface area contributed by atoms with Gasteiger partial charge in [0.25, 0.3) is 0 Å². The average Bonchev–Trinajstić information content (AvgIpc) is 2.55. The largest absolute Gasteiger partial charge is 0.458 e. The van der Waals surface area contributed by atoms with Crippen LogP contribution in [0.1, 0.15) is 0 Å². The lowest BCUT2D eigenvalue weighted by Crippen LogP contribution is -2.71. The van der Waals surface area contributed by atoms with Crippen LogP contribution in [-0.4, -0.2) is 24.1 Å². The van der Waals surface area contributed by atoms with E-state index in [1.807, 2.05) is 5.32 Å². The Morgan fingerprint density at radius 1 is 0.852 bits per heavy atom. The Balaban J connectivity index is 2.36. The lowest BCUT2D eigenvalue weighted by molar-refractivity contribution is -0.364. The standard InChI is InChI=1S/C16H11ClF6N2O2/c17-10-6-8-11(9-7-10)24-13(26)25-14(15(18,19)20,16(21,22)23)27-12-4-2-1-3-5-12/h1-9H,(H2,24,25,26). The molecule has 0 saturated heterocycles. The van der Waals surface area contributed by atoms with E-state index in [2.05, 4.69) is 4.74 Å². The third kappa shape index (κ3) is 4.76. The summed E-state index contributed by atoms with van der Waals surface area (Å²) in [5, 5.41) is 2.99. The minimum absolute atomic E-state index is 0.0742. The molecule has 0 fully saturated rings. The number of alkyl halides is 6. The summed E-state index contributed by atoms with van der Waals surface area (Å²) in [6, 6.07) is 8.72. The van der Waals surface area contributed by atoms with Gasteiger partial charge in [0.05, 0.1) is 0 Å². The number of urea groups is 1. The zero-order chi connectivity index (χ0) is 20.3. The van der Waals surface area contributed by atoms with Gasteiger partial charge in [-0.15, -0.1) is 0 Å². The molecule has 2 aromatic carbocycles. The molecule has 4 nitrogen and oxygen atoms in total. The zero-order valence-electron chi connectivity index (χ0n) is 13.2. The summed E-state index contributed by atoms with van der Waals surface area (Å²) in [6.45, 7) is 0. The second kappa shape index (κ2) is 7.55. The molecule has 0 radical (unpaired) electrons. The van der Waals surface area contributed by atoms with E-state index in [9.17, 15) is 31.1 Å². The molecule has 0 saturated carbocycles. The van der Waals surface area contributed by atoms with Gasteiger partial charge < -0.3 is 10.1 Å². The van der Waals surface area contributed by atoms with Crippen LogP contribution >= 0.6 is 11.6 Å². The van der Waals surface area contributed by atoms with Gasteiger partial charge in [-0.05, 0) is 36.4 Å². The van der Waals surface area contributed by atoms with Crippen molar-refractivity contribution in [1.82, 2.24) is 5.32 Å². The molecule has 0 unspecified atom stereocenters. The minimum atomic E-state index is -6.02. The van der Waals surface area contributed by atoms with Gasteiger partial charge >= 0.3 is 24.1 Å². The smallest absolute Gasteiger partial charge is 0.451 e. The Hall–Kier alpha value is -2.62. The highest BCUT2D eigenvalue weighted by Crippen LogP contribution is 2.44. The number of carbonyl (C=O) groups is 1. The highest BCUT2D eigenvalue weighted by molar-refractivity contribution is 6.30. The normalized spacial score (nSPS) is 12.4. The molecule has 0 aliphatic rings. The van der Waals surface area contributed by atoms with Crippen molar-refractivity contribution in [2.24, 2.45) is 0 Å². The van der Waals surface area contributed by atoms with Crippen LogP contribution in [-0.2, 0) is 0 Å². The maximum Gasteiger partial charge on any atom is 0.458 e. The number of para-hydroxylation sites is 1. The number of halogens is 7. The predicted molar refractivity (Wildman–Crippen MR) is 85.5 cm³/mol. The fraction of sp³-hybridized carbons (Fsp3) is 0.188. The summed E-state index contributed by atoms with van der Waals surface area (Å²) in [5.41, 5.74) is -5.03. The molecular weight excluding hydrogens is 402 g/mol. The monoisotopic (exact) mass is 412 g/mol. The number of benzene rings is 2. The number of rotatable bonds is 4. The third-order valence-electron chi connectivity index (χ3n) is 3.20. The number of amides is 2. The van der Waals surface area contributed by atoms with Crippen LogP contribution in [0.4, 0.5) is 36.8 Å². The predicted octanol–water partition coefficient (Wildman–Crippen LogP) is 5.36. The maximum absolute atomic E-state index is 13.4. The molecule has 0 bridgehead atoms. The van der Waals surface area contributed by atoms with Crippen LogP contribution in [0, 0.1) is 0 Å². The van der Waals surface area contributed by atoms with Crippen molar-refractivity contribution in [3.63, 3.8) is 0 Å². The van der Waals surface area contributed by atoms with E-state index in [0.717, 1.165) is 17.4 Å². The molecule has 0 atom stereocenters. The fourth-order valence-electron chi connectivity index (χ4n) is 1.96. The molecule has 0 heterocycles. The Labute approximate surface area is 154 Å². The lowest BCUT2D eigenvalue weighted by Gasteiger charge is -2.37. The second-order valence-electron chi connectivity index (χ2n) is 5.18. The Morgan fingerprint density at radius 2 is 1.37 bits per heavy atom. The molecule has 2 rings (SSSR count). The van der Waals surface area contributed by atoms with Crippen LogP contribution in [0.5, 0.6) is 5.75 Å². The van der Waals surface area contributed by atoms with Crippen molar-refractivity contribution >= 4 is 23.3 Å². The molecule has 0 aliphatic carbocycles. The van der Waals surface area contributed by atoms with Gasteiger partial charge in [0.1, 0.15) is 5.75 Å². The van der Waals surface area contributed by atoms with Crippen LogP contribution in [0.3, 0.4) is 0 Å². The quantitative estimate of drug-likeness (QED) is 0.524. The topological polar surface area (TPSA) is 50.4 Å². The first-order valence-corrected chi connectivity index (χ1v) is 7.55. The Kier molecular flexibility index (Phi) is 5.79. The molecule has 0 aromatic heterocycles. The van der Waals surface area contributed by atoms with E-state index < -0.39 is 29.9 Å². The molecule has 11 heteroatoms. The van der Waals surface area contributed by atoms with Gasteiger partial charge in [0.2, 0.25) is 0 Å². The lowest BCUT2D eigenvalue weighted by atomic mass is 10.2. The van der Waals surface area contributed by atoms with Gasteiger partial charge in [-0.1, -0.05) is 29.8 Å². The fourth-order valence-corrected chi connectivity index (χ4v) is 2.09. The van der Waals surface area contributed by atoms with Crippen LogP contribution in [0.25, 0.3) is 0 Å². The van der Waals surface area contributed by atoms with E-state index in [4.69, 9.17) is 11.6 Å². The maximum atomic E-state index is 13.4. The Morgan fingerprint density at radius 3 is 1.85 bits per heavy atom. The van der Waals surface area contributed by atoms with Crippen molar-refractivity contribution in [2.45, 2.75) is 18.1 Å². The first-order chi connectivity index (χ1) is 12.4. The highest BCUT2D eigenvalue weighted by Gasteiger charge is 2.75. The van der Waals surface area contributed by atoms with Gasteiger partial charge in [-0.3, -0.25) is 5.32 Å². The van der Waals surface area contributed by atoms with E-state index >= 15 is 0 Å². The Bertz CT molecular complexity index is 764. The average molecular weight is 413 g/mol. The van der Waals surface area contributed by atoms with E-state index in [1.165, 1.54) is 42.5 Å². The van der Waals surface area contributed by atoms with Crippen LogP contribution in [0.15, 0.2) is 54.6 Å². The van der Waals surface area contributed by atoms with Gasteiger partial charge in [-0.25, -0.2) is 4.79 Å². The van der Waals surface area contributed by atoms with E-state index in [1.54, 1.807) is 0 Å².